The molecule has 0 atom stereocenters. The molecule has 0 unspecified atom stereocenters. The third-order valence-corrected chi connectivity index (χ3v) is 3.32. The second-order valence-electron chi connectivity index (χ2n) is 3.75. The molecule has 88 valence electrons. The number of aryl methyl sites for hydroxylation is 1. The molecule has 0 spiro atoms. The first-order valence-electron chi connectivity index (χ1n) is 5.28. The highest BCUT2D eigenvalue weighted by atomic mass is 31.2. The molecule has 0 radical (unpaired) electrons. The van der Waals surface area contributed by atoms with Crippen LogP contribution >= 0.6 is 7.60 Å². The van der Waals surface area contributed by atoms with Crippen molar-refractivity contribution in [2.24, 2.45) is 0 Å². The SMILES string of the molecule is C=Cc1ccccc1CCCCP(=O)(O)O. The Morgan fingerprint density at radius 2 is 1.94 bits per heavy atom. The molecule has 2 N–H and O–H groups in total. The summed E-state index contributed by atoms with van der Waals surface area (Å²) in [6.45, 7) is 3.73. The molecule has 1 aromatic rings. The van der Waals surface area contributed by atoms with E-state index >= 15 is 0 Å². The van der Waals surface area contributed by atoms with Gasteiger partial charge in [0.25, 0.3) is 0 Å². The quantitative estimate of drug-likeness (QED) is 0.593. The fourth-order valence-electron chi connectivity index (χ4n) is 1.59. The molecule has 4 heteroatoms. The minimum absolute atomic E-state index is 0.0245. The van der Waals surface area contributed by atoms with E-state index in [0.29, 0.717) is 6.42 Å². The zero-order valence-corrected chi connectivity index (χ0v) is 10.1. The van der Waals surface area contributed by atoms with Gasteiger partial charge in [0, 0.05) is 6.16 Å². The lowest BCUT2D eigenvalue weighted by Crippen LogP contribution is -1.93. The van der Waals surface area contributed by atoms with E-state index in [1.807, 2.05) is 24.3 Å². The van der Waals surface area contributed by atoms with Crippen LogP contribution in [0.3, 0.4) is 0 Å². The van der Waals surface area contributed by atoms with E-state index in [0.717, 1.165) is 18.4 Å². The van der Waals surface area contributed by atoms with Crippen LogP contribution in [-0.2, 0) is 11.0 Å². The zero-order valence-electron chi connectivity index (χ0n) is 9.17. The van der Waals surface area contributed by atoms with Gasteiger partial charge >= 0.3 is 7.60 Å². The monoisotopic (exact) mass is 240 g/mol. The lowest BCUT2D eigenvalue weighted by molar-refractivity contribution is 0.371. The first-order chi connectivity index (χ1) is 7.53. The second kappa shape index (κ2) is 6.00. The van der Waals surface area contributed by atoms with Crippen LogP contribution in [0.5, 0.6) is 0 Å². The number of unbranched alkanes of at least 4 members (excludes halogenated alkanes) is 1. The minimum atomic E-state index is -3.83. The summed E-state index contributed by atoms with van der Waals surface area (Å²) in [5.41, 5.74) is 2.28. The summed E-state index contributed by atoms with van der Waals surface area (Å²) < 4.78 is 10.6. The highest BCUT2D eigenvalue weighted by Crippen LogP contribution is 2.35. The Morgan fingerprint density at radius 1 is 1.25 bits per heavy atom. The van der Waals surface area contributed by atoms with Crippen LogP contribution in [-0.4, -0.2) is 15.9 Å². The summed E-state index contributed by atoms with van der Waals surface area (Å²) >= 11 is 0. The molecule has 1 rings (SSSR count). The van der Waals surface area contributed by atoms with E-state index in [1.165, 1.54) is 5.56 Å². The molecule has 0 aliphatic heterocycles. The van der Waals surface area contributed by atoms with Crippen molar-refractivity contribution in [1.29, 1.82) is 0 Å². The van der Waals surface area contributed by atoms with Crippen molar-refractivity contribution < 1.29 is 14.4 Å². The summed E-state index contributed by atoms with van der Waals surface area (Å²) in [6, 6.07) is 7.93. The molecular formula is C12H17O3P. The molecule has 0 saturated carbocycles. The second-order valence-corrected chi connectivity index (χ2v) is 5.52. The third-order valence-electron chi connectivity index (χ3n) is 2.42. The van der Waals surface area contributed by atoms with Gasteiger partial charge in [-0.05, 0) is 30.4 Å². The maximum Gasteiger partial charge on any atom is 0.325 e. The van der Waals surface area contributed by atoms with Crippen molar-refractivity contribution >= 4 is 13.7 Å². The molecule has 16 heavy (non-hydrogen) atoms. The lowest BCUT2D eigenvalue weighted by atomic mass is 10.0. The van der Waals surface area contributed by atoms with Gasteiger partial charge in [0.05, 0.1) is 0 Å². The molecule has 0 aliphatic rings. The summed E-state index contributed by atoms with van der Waals surface area (Å²) in [5, 5.41) is 0. The average molecular weight is 240 g/mol. The Bertz CT molecular complexity index is 395. The smallest absolute Gasteiger partial charge is 0.324 e. The Hall–Kier alpha value is -0.890. The van der Waals surface area contributed by atoms with Crippen LogP contribution < -0.4 is 0 Å². The largest absolute Gasteiger partial charge is 0.325 e. The number of hydrogen-bond donors (Lipinski definition) is 2. The fourth-order valence-corrected chi connectivity index (χ4v) is 2.23. The van der Waals surface area contributed by atoms with Gasteiger partial charge in [-0.2, -0.15) is 0 Å². The van der Waals surface area contributed by atoms with Gasteiger partial charge in [-0.15, -0.1) is 0 Å². The van der Waals surface area contributed by atoms with Crippen LogP contribution in [0.2, 0.25) is 0 Å². The number of rotatable bonds is 6. The Morgan fingerprint density at radius 3 is 2.56 bits per heavy atom. The van der Waals surface area contributed by atoms with Crippen LogP contribution in [0, 0.1) is 0 Å². The van der Waals surface area contributed by atoms with Gasteiger partial charge in [-0.25, -0.2) is 0 Å². The lowest BCUT2D eigenvalue weighted by Gasteiger charge is -2.06. The molecule has 0 fully saturated rings. The van der Waals surface area contributed by atoms with Gasteiger partial charge in [0.1, 0.15) is 0 Å². The molecular weight excluding hydrogens is 223 g/mol. The van der Waals surface area contributed by atoms with E-state index in [9.17, 15) is 4.57 Å². The summed E-state index contributed by atoms with van der Waals surface area (Å²) in [7, 11) is -3.83. The average Bonchev–Trinajstić information content (AvgIpc) is 2.23. The summed E-state index contributed by atoms with van der Waals surface area (Å²) in [6.07, 6.45) is 3.95. The Labute approximate surface area is 96.0 Å². The van der Waals surface area contributed by atoms with Gasteiger partial charge in [0.2, 0.25) is 0 Å². The predicted octanol–water partition coefficient (Wildman–Crippen LogP) is 2.83. The molecule has 0 bridgehead atoms. The van der Waals surface area contributed by atoms with E-state index < -0.39 is 7.60 Å². The number of benzene rings is 1. The maximum atomic E-state index is 10.6. The Kier molecular flexibility index (Phi) is 4.94. The van der Waals surface area contributed by atoms with Crippen molar-refractivity contribution in [1.82, 2.24) is 0 Å². The van der Waals surface area contributed by atoms with Crippen molar-refractivity contribution in [3.63, 3.8) is 0 Å². The molecule has 0 aromatic heterocycles. The van der Waals surface area contributed by atoms with Gasteiger partial charge in [0.15, 0.2) is 0 Å². The molecule has 0 heterocycles. The number of hydrogen-bond acceptors (Lipinski definition) is 1. The standard InChI is InChI=1S/C12H17O3P/c1-2-11-7-3-4-8-12(11)9-5-6-10-16(13,14)15/h2-4,7-8H,1,5-6,9-10H2,(H2,13,14,15). The molecule has 1 aromatic carbocycles. The minimum Gasteiger partial charge on any atom is -0.324 e. The van der Waals surface area contributed by atoms with Crippen molar-refractivity contribution in [2.45, 2.75) is 19.3 Å². The van der Waals surface area contributed by atoms with Gasteiger partial charge < -0.3 is 9.79 Å². The summed E-state index contributed by atoms with van der Waals surface area (Å²) in [4.78, 5) is 17.4. The first-order valence-corrected chi connectivity index (χ1v) is 7.07. The van der Waals surface area contributed by atoms with Crippen LogP contribution in [0.25, 0.3) is 6.08 Å². The van der Waals surface area contributed by atoms with E-state index in [-0.39, 0.29) is 6.16 Å². The molecule has 3 nitrogen and oxygen atoms in total. The van der Waals surface area contributed by atoms with Crippen LogP contribution in [0.15, 0.2) is 30.8 Å². The van der Waals surface area contributed by atoms with Crippen molar-refractivity contribution in [3.05, 3.63) is 42.0 Å². The fraction of sp³-hybridized carbons (Fsp3) is 0.333. The van der Waals surface area contributed by atoms with Crippen LogP contribution in [0.1, 0.15) is 24.0 Å². The van der Waals surface area contributed by atoms with E-state index in [4.69, 9.17) is 9.79 Å². The molecule has 0 saturated heterocycles. The summed E-state index contributed by atoms with van der Waals surface area (Å²) in [5.74, 6) is 0. The highest BCUT2D eigenvalue weighted by Gasteiger charge is 2.11. The first kappa shape index (κ1) is 13.2. The topological polar surface area (TPSA) is 57.5 Å². The van der Waals surface area contributed by atoms with Gasteiger partial charge in [-0.1, -0.05) is 36.9 Å². The Balaban J connectivity index is 2.43. The maximum absolute atomic E-state index is 10.6. The van der Waals surface area contributed by atoms with E-state index in [2.05, 4.69) is 6.58 Å². The molecule has 0 amide bonds. The zero-order chi connectivity index (χ0) is 12.0. The van der Waals surface area contributed by atoms with E-state index in [1.54, 1.807) is 6.08 Å². The van der Waals surface area contributed by atoms with Crippen molar-refractivity contribution in [2.75, 3.05) is 6.16 Å². The normalized spacial score (nSPS) is 11.4. The van der Waals surface area contributed by atoms with Crippen molar-refractivity contribution in [3.8, 4) is 0 Å². The van der Waals surface area contributed by atoms with Crippen LogP contribution in [0.4, 0.5) is 0 Å². The predicted molar refractivity (Wildman–Crippen MR) is 66.4 cm³/mol. The van der Waals surface area contributed by atoms with Gasteiger partial charge in [-0.3, -0.25) is 4.57 Å². The third kappa shape index (κ3) is 4.75. The molecule has 0 aliphatic carbocycles. The highest BCUT2D eigenvalue weighted by molar-refractivity contribution is 7.51.